The Morgan fingerprint density at radius 3 is 2.63 bits per heavy atom. The maximum atomic E-state index is 12.7. The van der Waals surface area contributed by atoms with Crippen LogP contribution in [0, 0.1) is 5.41 Å². The van der Waals surface area contributed by atoms with Crippen LogP contribution in [0.1, 0.15) is 43.1 Å². The highest BCUT2D eigenvalue weighted by molar-refractivity contribution is 5.98. The average Bonchev–Trinajstić information content (AvgIpc) is 3.09. The van der Waals surface area contributed by atoms with Crippen molar-refractivity contribution in [3.05, 3.63) is 53.9 Å². The van der Waals surface area contributed by atoms with Gasteiger partial charge in [-0.25, -0.2) is 4.79 Å². The highest BCUT2D eigenvalue weighted by Gasteiger charge is 2.66. The molecule has 2 atom stereocenters. The van der Waals surface area contributed by atoms with Crippen molar-refractivity contribution < 1.29 is 19.4 Å². The molecule has 1 fully saturated rings. The van der Waals surface area contributed by atoms with Crippen molar-refractivity contribution in [1.82, 2.24) is 15.1 Å². The largest absolute Gasteiger partial charge is 0.479 e. The van der Waals surface area contributed by atoms with E-state index < -0.39 is 22.8 Å². The number of carboxylic acids is 1. The van der Waals surface area contributed by atoms with E-state index in [0.717, 1.165) is 5.56 Å². The van der Waals surface area contributed by atoms with E-state index in [4.69, 9.17) is 4.74 Å². The molecule has 2 aromatic rings. The van der Waals surface area contributed by atoms with Crippen molar-refractivity contribution in [2.45, 2.75) is 45.4 Å². The lowest BCUT2D eigenvalue weighted by atomic mass is 9.54. The summed E-state index contributed by atoms with van der Waals surface area (Å²) in [4.78, 5) is 24.7. The number of hydrogen-bond acceptors (Lipinski definition) is 4. The van der Waals surface area contributed by atoms with E-state index >= 15 is 0 Å². The lowest BCUT2D eigenvalue weighted by Gasteiger charge is -2.58. The molecule has 7 heteroatoms. The van der Waals surface area contributed by atoms with Crippen LogP contribution in [-0.2, 0) is 16.1 Å². The normalized spacial score (nSPS) is 23.4. The molecule has 2 unspecified atom stereocenters. The lowest BCUT2D eigenvalue weighted by molar-refractivity contribution is -0.190. The summed E-state index contributed by atoms with van der Waals surface area (Å²) in [6, 6.07) is 9.77. The number of amides is 1. The molecule has 27 heavy (non-hydrogen) atoms. The van der Waals surface area contributed by atoms with Crippen molar-refractivity contribution >= 4 is 11.9 Å². The van der Waals surface area contributed by atoms with Gasteiger partial charge in [-0.2, -0.15) is 5.10 Å². The van der Waals surface area contributed by atoms with Gasteiger partial charge in [0.05, 0.1) is 24.4 Å². The third-order valence-corrected chi connectivity index (χ3v) is 5.54. The SMILES string of the molecule is CCOC1CC(NC(=O)c2cnn(Cc3ccccc3)c2)(C(=O)O)C1(C)C. The van der Waals surface area contributed by atoms with Crippen molar-refractivity contribution in [1.29, 1.82) is 0 Å². The number of nitrogens with zero attached hydrogens (tertiary/aromatic N) is 2. The van der Waals surface area contributed by atoms with Crippen molar-refractivity contribution in [3.8, 4) is 0 Å². The number of aromatic nitrogens is 2. The lowest BCUT2D eigenvalue weighted by Crippen LogP contribution is -2.76. The third-order valence-electron chi connectivity index (χ3n) is 5.54. The maximum Gasteiger partial charge on any atom is 0.330 e. The zero-order valence-corrected chi connectivity index (χ0v) is 15.8. The van der Waals surface area contributed by atoms with Crippen LogP contribution in [0.25, 0.3) is 0 Å². The Bertz CT molecular complexity index is 831. The summed E-state index contributed by atoms with van der Waals surface area (Å²) in [7, 11) is 0. The first-order valence-electron chi connectivity index (χ1n) is 9.04. The van der Waals surface area contributed by atoms with E-state index in [0.29, 0.717) is 18.7 Å². The standard InChI is InChI=1S/C20H25N3O4/c1-4-27-16-10-20(18(25)26,19(16,2)3)22-17(24)15-11-21-23(13-15)12-14-8-6-5-7-9-14/h5-9,11,13,16H,4,10,12H2,1-3H3,(H,22,24)(H,25,26). The molecule has 3 rings (SSSR count). The molecule has 1 aliphatic carbocycles. The van der Waals surface area contributed by atoms with Gasteiger partial charge in [0, 0.05) is 24.6 Å². The van der Waals surface area contributed by atoms with Crippen LogP contribution < -0.4 is 5.32 Å². The van der Waals surface area contributed by atoms with Crippen LogP contribution in [0.5, 0.6) is 0 Å². The first-order valence-corrected chi connectivity index (χ1v) is 9.04. The molecular formula is C20H25N3O4. The van der Waals surface area contributed by atoms with E-state index in [1.807, 2.05) is 51.1 Å². The highest BCUT2D eigenvalue weighted by Crippen LogP contribution is 2.51. The molecule has 0 radical (unpaired) electrons. The molecule has 2 N–H and O–H groups in total. The van der Waals surface area contributed by atoms with Crippen LogP contribution in [0.2, 0.25) is 0 Å². The summed E-state index contributed by atoms with van der Waals surface area (Å²) in [5, 5.41) is 16.8. The number of ether oxygens (including phenoxy) is 1. The summed E-state index contributed by atoms with van der Waals surface area (Å²) in [5.41, 5.74) is -0.674. The first-order chi connectivity index (χ1) is 12.8. The number of aliphatic carboxylic acids is 1. The smallest absolute Gasteiger partial charge is 0.330 e. The van der Waals surface area contributed by atoms with E-state index in [9.17, 15) is 14.7 Å². The molecule has 1 saturated carbocycles. The Balaban J connectivity index is 1.73. The third kappa shape index (κ3) is 3.35. The molecule has 1 aromatic heterocycles. The predicted molar refractivity (Wildman–Crippen MR) is 99.4 cm³/mol. The van der Waals surface area contributed by atoms with Crippen molar-refractivity contribution in [3.63, 3.8) is 0 Å². The second-order valence-electron chi connectivity index (χ2n) is 7.45. The Morgan fingerprint density at radius 1 is 1.33 bits per heavy atom. The molecule has 1 aliphatic rings. The summed E-state index contributed by atoms with van der Waals surface area (Å²) in [6.07, 6.45) is 3.12. The number of carboxylic acid groups (broad SMARTS) is 1. The van der Waals surface area contributed by atoms with Crippen LogP contribution in [0.4, 0.5) is 0 Å². The average molecular weight is 371 g/mol. The fourth-order valence-corrected chi connectivity index (χ4v) is 3.64. The topological polar surface area (TPSA) is 93.5 Å². The predicted octanol–water partition coefficient (Wildman–Crippen LogP) is 2.32. The molecule has 1 heterocycles. The molecule has 7 nitrogen and oxygen atoms in total. The summed E-state index contributed by atoms with van der Waals surface area (Å²) < 4.78 is 7.28. The van der Waals surface area contributed by atoms with Gasteiger partial charge < -0.3 is 15.2 Å². The van der Waals surface area contributed by atoms with Crippen molar-refractivity contribution in [2.75, 3.05) is 6.61 Å². The van der Waals surface area contributed by atoms with Gasteiger partial charge in [0.25, 0.3) is 5.91 Å². The number of nitrogens with one attached hydrogen (secondary N) is 1. The number of carbonyl (C=O) groups excluding carboxylic acids is 1. The molecule has 0 bridgehead atoms. The fourth-order valence-electron chi connectivity index (χ4n) is 3.64. The monoisotopic (exact) mass is 371 g/mol. The molecule has 0 aliphatic heterocycles. The summed E-state index contributed by atoms with van der Waals surface area (Å²) >= 11 is 0. The zero-order chi connectivity index (χ0) is 19.7. The van der Waals surface area contributed by atoms with Gasteiger partial charge in [-0.3, -0.25) is 9.48 Å². The summed E-state index contributed by atoms with van der Waals surface area (Å²) in [5.74, 6) is -1.49. The van der Waals surface area contributed by atoms with Crippen molar-refractivity contribution in [2.24, 2.45) is 5.41 Å². The minimum Gasteiger partial charge on any atom is -0.479 e. The molecule has 1 amide bonds. The number of rotatable bonds is 7. The zero-order valence-electron chi connectivity index (χ0n) is 15.8. The number of benzene rings is 1. The molecule has 1 aromatic carbocycles. The van der Waals surface area contributed by atoms with E-state index in [2.05, 4.69) is 10.4 Å². The second kappa shape index (κ2) is 7.15. The van der Waals surface area contributed by atoms with Crippen LogP contribution in [0.3, 0.4) is 0 Å². The fraction of sp³-hybridized carbons (Fsp3) is 0.450. The number of carbonyl (C=O) groups is 2. The molecule has 144 valence electrons. The minimum atomic E-state index is -1.36. The first kappa shape index (κ1) is 19.1. The van der Waals surface area contributed by atoms with Crippen LogP contribution in [-0.4, -0.2) is 45.0 Å². The van der Waals surface area contributed by atoms with E-state index in [1.165, 1.54) is 6.20 Å². The highest BCUT2D eigenvalue weighted by atomic mass is 16.5. The number of hydrogen-bond donors (Lipinski definition) is 2. The molecule has 0 saturated heterocycles. The van der Waals surface area contributed by atoms with E-state index in [1.54, 1.807) is 10.9 Å². The van der Waals surface area contributed by atoms with Crippen LogP contribution >= 0.6 is 0 Å². The van der Waals surface area contributed by atoms with Gasteiger partial charge in [0.15, 0.2) is 0 Å². The van der Waals surface area contributed by atoms with Gasteiger partial charge in [-0.15, -0.1) is 0 Å². The van der Waals surface area contributed by atoms with Gasteiger partial charge in [0.2, 0.25) is 0 Å². The van der Waals surface area contributed by atoms with Gasteiger partial charge >= 0.3 is 5.97 Å². The Kier molecular flexibility index (Phi) is 5.06. The van der Waals surface area contributed by atoms with Gasteiger partial charge in [-0.05, 0) is 12.5 Å². The van der Waals surface area contributed by atoms with Gasteiger partial charge in [0.1, 0.15) is 5.54 Å². The quantitative estimate of drug-likeness (QED) is 0.779. The van der Waals surface area contributed by atoms with Crippen LogP contribution in [0.15, 0.2) is 42.7 Å². The Labute approximate surface area is 158 Å². The van der Waals surface area contributed by atoms with E-state index in [-0.39, 0.29) is 12.5 Å². The maximum absolute atomic E-state index is 12.7. The Hall–Kier alpha value is -2.67. The van der Waals surface area contributed by atoms with Gasteiger partial charge in [-0.1, -0.05) is 44.2 Å². The summed E-state index contributed by atoms with van der Waals surface area (Å²) in [6.45, 7) is 6.53. The Morgan fingerprint density at radius 2 is 2.04 bits per heavy atom. The molecule has 0 spiro atoms. The second-order valence-corrected chi connectivity index (χ2v) is 7.45. The minimum absolute atomic E-state index is 0.209. The molecular weight excluding hydrogens is 346 g/mol.